The number of hydrogen-bond acceptors (Lipinski definition) is 3. The van der Waals surface area contributed by atoms with Crippen LogP contribution in [0.15, 0.2) is 0 Å². The zero-order valence-corrected chi connectivity index (χ0v) is 10.7. The first-order valence-corrected chi connectivity index (χ1v) is 5.12. The number of hydrogen-bond donors (Lipinski definition) is 1. The van der Waals surface area contributed by atoms with Gasteiger partial charge in [0.15, 0.2) is 0 Å². The molecule has 0 aliphatic carbocycles. The molecule has 94 valence electrons. The number of carbonyl (C=O) groups excluding carboxylic acids is 2. The number of rotatable bonds is 2. The third-order valence-corrected chi connectivity index (χ3v) is 1.75. The van der Waals surface area contributed by atoms with Gasteiger partial charge in [-0.25, -0.2) is 4.79 Å². The van der Waals surface area contributed by atoms with Crippen LogP contribution in [0.1, 0.15) is 41.5 Å². The van der Waals surface area contributed by atoms with E-state index in [2.05, 4.69) is 5.32 Å². The Kier molecular flexibility index (Phi) is 4.46. The average molecular weight is 233 g/mol. The fraction of sp³-hybridized carbons (Fsp3) is 0.818. The lowest BCUT2D eigenvalue weighted by Gasteiger charge is -2.28. The molecule has 1 atom stereocenters. The molecule has 0 aromatic heterocycles. The summed E-state index contributed by atoms with van der Waals surface area (Å²) in [6, 6.07) is -2.76. The minimum Gasteiger partial charge on any atom is -0.444 e. The molecule has 0 rings (SSSR count). The molecule has 0 aromatic rings. The minimum absolute atomic E-state index is 0.675. The van der Waals surface area contributed by atoms with Crippen LogP contribution in [0.4, 0.5) is 9.18 Å². The molecule has 0 radical (unpaired) electrons. The van der Waals surface area contributed by atoms with Gasteiger partial charge in [-0.2, -0.15) is 4.39 Å². The number of nitrogens with one attached hydrogen (secondary N) is 1. The standard InChI is InChI=1S/C11H20FNO3/c1-10(2,3)7(8(12)14)13-9(15)16-11(4,5)6/h7H,1-6H3,(H,13,15)/t7-/m1/s1. The molecule has 0 unspecified atom stereocenters. The molecule has 0 aromatic carbocycles. The van der Waals surface area contributed by atoms with E-state index in [4.69, 9.17) is 4.74 Å². The summed E-state index contributed by atoms with van der Waals surface area (Å²) < 4.78 is 17.7. The van der Waals surface area contributed by atoms with Crippen LogP contribution >= 0.6 is 0 Å². The zero-order valence-electron chi connectivity index (χ0n) is 10.7. The summed E-state index contributed by atoms with van der Waals surface area (Å²) in [6.07, 6.45) is -0.793. The van der Waals surface area contributed by atoms with Crippen LogP contribution in [-0.4, -0.2) is 23.8 Å². The van der Waals surface area contributed by atoms with Crippen LogP contribution in [0.3, 0.4) is 0 Å². The molecule has 0 heterocycles. The van der Waals surface area contributed by atoms with Gasteiger partial charge in [0.2, 0.25) is 0 Å². The highest BCUT2D eigenvalue weighted by Gasteiger charge is 2.34. The second-order valence-corrected chi connectivity index (χ2v) is 5.75. The van der Waals surface area contributed by atoms with Crippen LogP contribution in [0.5, 0.6) is 0 Å². The number of ether oxygens (including phenoxy) is 1. The summed E-state index contributed by atoms with van der Waals surface area (Å²) in [5.74, 6) is 0. The molecule has 0 saturated carbocycles. The summed E-state index contributed by atoms with van der Waals surface area (Å²) in [7, 11) is 0. The van der Waals surface area contributed by atoms with E-state index in [-0.39, 0.29) is 0 Å². The topological polar surface area (TPSA) is 55.4 Å². The maximum absolute atomic E-state index is 12.7. The Morgan fingerprint density at radius 3 is 1.81 bits per heavy atom. The highest BCUT2D eigenvalue weighted by molar-refractivity contribution is 5.81. The van der Waals surface area contributed by atoms with Gasteiger partial charge in [0.05, 0.1) is 0 Å². The molecule has 4 nitrogen and oxygen atoms in total. The molecule has 0 fully saturated rings. The van der Waals surface area contributed by atoms with E-state index < -0.39 is 29.2 Å². The summed E-state index contributed by atoms with van der Waals surface area (Å²) >= 11 is 0. The molecular formula is C11H20FNO3. The Morgan fingerprint density at radius 1 is 1.12 bits per heavy atom. The molecule has 5 heteroatoms. The van der Waals surface area contributed by atoms with E-state index in [1.165, 1.54) is 0 Å². The largest absolute Gasteiger partial charge is 0.444 e. The second kappa shape index (κ2) is 4.80. The highest BCUT2D eigenvalue weighted by Crippen LogP contribution is 2.21. The van der Waals surface area contributed by atoms with Crippen molar-refractivity contribution in [1.29, 1.82) is 0 Å². The Morgan fingerprint density at radius 2 is 1.56 bits per heavy atom. The van der Waals surface area contributed by atoms with Crippen molar-refractivity contribution in [2.45, 2.75) is 53.2 Å². The van der Waals surface area contributed by atoms with Gasteiger partial charge >= 0.3 is 12.1 Å². The molecular weight excluding hydrogens is 213 g/mol. The summed E-state index contributed by atoms with van der Waals surface area (Å²) in [6.45, 7) is 10.0. The lowest BCUT2D eigenvalue weighted by molar-refractivity contribution is -0.134. The van der Waals surface area contributed by atoms with E-state index in [1.807, 2.05) is 0 Å². The van der Waals surface area contributed by atoms with Crippen molar-refractivity contribution >= 4 is 12.1 Å². The third-order valence-electron chi connectivity index (χ3n) is 1.75. The van der Waals surface area contributed by atoms with E-state index >= 15 is 0 Å². The van der Waals surface area contributed by atoms with Crippen LogP contribution < -0.4 is 5.32 Å². The smallest absolute Gasteiger partial charge is 0.408 e. The first kappa shape index (κ1) is 14.9. The normalized spacial score (nSPS) is 14.2. The van der Waals surface area contributed by atoms with Crippen LogP contribution in [-0.2, 0) is 9.53 Å². The molecule has 0 aliphatic heterocycles. The highest BCUT2D eigenvalue weighted by atomic mass is 19.1. The Labute approximate surface area is 95.5 Å². The minimum atomic E-state index is -1.57. The predicted octanol–water partition coefficient (Wildman–Crippen LogP) is 2.42. The third kappa shape index (κ3) is 5.68. The van der Waals surface area contributed by atoms with Crippen molar-refractivity contribution in [3.05, 3.63) is 0 Å². The van der Waals surface area contributed by atoms with Crippen molar-refractivity contribution in [3.8, 4) is 0 Å². The van der Waals surface area contributed by atoms with Crippen molar-refractivity contribution in [2.75, 3.05) is 0 Å². The number of carbonyl (C=O) groups is 2. The summed E-state index contributed by atoms with van der Waals surface area (Å²) in [5.41, 5.74) is -1.37. The van der Waals surface area contributed by atoms with E-state index in [1.54, 1.807) is 41.5 Å². The second-order valence-electron chi connectivity index (χ2n) is 5.75. The van der Waals surface area contributed by atoms with Gasteiger partial charge in [0.1, 0.15) is 11.6 Å². The van der Waals surface area contributed by atoms with Gasteiger partial charge in [0, 0.05) is 0 Å². The summed E-state index contributed by atoms with van der Waals surface area (Å²) in [4.78, 5) is 22.1. The van der Waals surface area contributed by atoms with Crippen molar-refractivity contribution < 1.29 is 18.7 Å². The molecule has 16 heavy (non-hydrogen) atoms. The maximum Gasteiger partial charge on any atom is 0.408 e. The average Bonchev–Trinajstić information content (AvgIpc) is 1.93. The quantitative estimate of drug-likeness (QED) is 0.745. The predicted molar refractivity (Wildman–Crippen MR) is 58.7 cm³/mol. The monoisotopic (exact) mass is 233 g/mol. The number of amides is 1. The first-order chi connectivity index (χ1) is 6.93. The van der Waals surface area contributed by atoms with Crippen molar-refractivity contribution in [1.82, 2.24) is 5.32 Å². The van der Waals surface area contributed by atoms with E-state index in [0.717, 1.165) is 0 Å². The molecule has 0 bridgehead atoms. The number of halogens is 1. The van der Waals surface area contributed by atoms with Gasteiger partial charge < -0.3 is 10.1 Å². The molecule has 1 amide bonds. The van der Waals surface area contributed by atoms with Crippen LogP contribution in [0, 0.1) is 5.41 Å². The lowest BCUT2D eigenvalue weighted by Crippen LogP contribution is -2.49. The summed E-state index contributed by atoms with van der Waals surface area (Å²) in [5, 5.41) is 2.23. The Hall–Kier alpha value is -1.13. The Balaban J connectivity index is 4.56. The van der Waals surface area contributed by atoms with Gasteiger partial charge in [-0.05, 0) is 26.2 Å². The SMILES string of the molecule is CC(C)(C)OC(=O)N[C@H](C(=O)F)C(C)(C)C. The van der Waals surface area contributed by atoms with E-state index in [9.17, 15) is 14.0 Å². The van der Waals surface area contributed by atoms with Crippen LogP contribution in [0.2, 0.25) is 0 Å². The van der Waals surface area contributed by atoms with E-state index in [0.29, 0.717) is 0 Å². The fourth-order valence-corrected chi connectivity index (χ4v) is 1.04. The van der Waals surface area contributed by atoms with Gasteiger partial charge in [-0.15, -0.1) is 0 Å². The molecule has 0 aliphatic rings. The first-order valence-electron chi connectivity index (χ1n) is 5.12. The van der Waals surface area contributed by atoms with Gasteiger partial charge in [-0.3, -0.25) is 4.79 Å². The van der Waals surface area contributed by atoms with Crippen molar-refractivity contribution in [2.24, 2.45) is 5.41 Å². The Bertz CT molecular complexity index is 276. The maximum atomic E-state index is 12.7. The fourth-order valence-electron chi connectivity index (χ4n) is 1.04. The molecule has 0 saturated heterocycles. The van der Waals surface area contributed by atoms with Crippen molar-refractivity contribution in [3.63, 3.8) is 0 Å². The van der Waals surface area contributed by atoms with Crippen LogP contribution in [0.25, 0.3) is 0 Å². The number of alkyl carbamates (subject to hydrolysis) is 1. The van der Waals surface area contributed by atoms with Gasteiger partial charge in [0.25, 0.3) is 0 Å². The zero-order chi connectivity index (χ0) is 13.1. The molecule has 0 spiro atoms. The lowest BCUT2D eigenvalue weighted by atomic mass is 9.87. The molecule has 1 N–H and O–H groups in total. The van der Waals surface area contributed by atoms with Gasteiger partial charge in [-0.1, -0.05) is 20.8 Å².